The molecule has 0 atom stereocenters. The maximum absolute atomic E-state index is 14.9. The molecule has 0 fully saturated rings. The Hall–Kier alpha value is -17.9. The minimum absolute atomic E-state index is 0.0490. The molecule has 0 aliphatic heterocycles. The van der Waals surface area contributed by atoms with E-state index in [2.05, 4.69) is 71.4 Å². The summed E-state index contributed by atoms with van der Waals surface area (Å²) in [4.78, 5) is 162. The standard InChI is InChI=1S/C27H26ClN5O4.C25H22ClFN6O4.C25H21ClN6O4.C23H18ClN7O3/c1-3-22(34)15-21-16-24(13-14-29-21)37-23-11-9-20(10-12-23)30-25-31-26(35)32(4-2)27(36)33(25)17-18-5-7-19(28)8-6-18;1-3-32-24(35)31-23(33(25(32)36)14-15-4-6-16(26)7-5-15)30-17-8-9-21(19(27)12-17)37-18-10-11-29-20(13-18)22(34)28-2;1-3-31-24(33)30-23(32(25(31)34)15-16-7-9-17(26)10-8-16)29-18-11-12-20(21(13-18)35-2)36-22-6-4-5-19(14-27)28-22;1-2-30-22(32)29-21(31(23(30)33)14-15-3-5-16(24)6-4-15)28-17-7-9-19(10-8-17)34-20-13-26-18(11-25)12-27-20/h5-14,16H,3-4,15,17H2,1-2H3,(H,30,31,35);4-13H,3,14H2,1-2H3,(H,28,34)(H,30,31,35);4-13H,3,15H2,1-2H3,(H,29,30,33);3-10,12-13H,2,14H2,1H3,(H,28,29,32). The van der Waals surface area contributed by atoms with Crippen LogP contribution in [0.4, 0.5) is 50.9 Å². The number of nitrogens with one attached hydrogen (secondary N) is 5. The fourth-order valence-corrected chi connectivity index (χ4v) is 14.1. The lowest BCUT2D eigenvalue weighted by Crippen LogP contribution is -2.42. The maximum atomic E-state index is 14.9. The van der Waals surface area contributed by atoms with Crippen molar-refractivity contribution in [2.45, 2.75) is 99.8 Å². The average Bonchev–Trinajstić information content (AvgIpc) is 0.799. The molecule has 144 heavy (non-hydrogen) atoms. The molecule has 0 saturated carbocycles. The highest BCUT2D eigenvalue weighted by atomic mass is 35.5. The molecule has 5 N–H and O–H groups in total. The first-order chi connectivity index (χ1) is 69.5. The molecule has 39 nitrogen and oxygen atoms in total. The van der Waals surface area contributed by atoms with Gasteiger partial charge < -0.3 is 50.3 Å². The smallest absolute Gasteiger partial charge is 0.354 e. The molecule has 8 heterocycles. The van der Waals surface area contributed by atoms with Crippen molar-refractivity contribution in [1.82, 2.24) is 86.7 Å². The largest absolute Gasteiger partial charge is 0.493 e. The Morgan fingerprint density at radius 2 is 0.771 bits per heavy atom. The van der Waals surface area contributed by atoms with E-state index in [1.54, 1.807) is 216 Å². The lowest BCUT2D eigenvalue weighted by molar-refractivity contribution is -0.118. The van der Waals surface area contributed by atoms with Crippen LogP contribution in [0.2, 0.25) is 20.1 Å². The monoisotopic (exact) mass is 2020 g/mol. The topological polar surface area (TPSA) is 480 Å². The summed E-state index contributed by atoms with van der Waals surface area (Å²) < 4.78 is 52.9. The van der Waals surface area contributed by atoms with Gasteiger partial charge in [0.05, 0.1) is 51.4 Å². The number of halogens is 5. The van der Waals surface area contributed by atoms with E-state index in [1.165, 1.54) is 75.3 Å². The van der Waals surface area contributed by atoms with Crippen LogP contribution in [0.15, 0.2) is 288 Å². The van der Waals surface area contributed by atoms with Gasteiger partial charge in [-0.3, -0.25) is 37.8 Å². The molecule has 16 aromatic rings. The van der Waals surface area contributed by atoms with Crippen molar-refractivity contribution in [2.24, 2.45) is 0 Å². The normalized spacial score (nSPS) is 10.6. The van der Waals surface area contributed by atoms with Crippen molar-refractivity contribution in [3.8, 4) is 64.1 Å². The number of carbonyl (C=O) groups is 2. The zero-order chi connectivity index (χ0) is 103. The minimum Gasteiger partial charge on any atom is -0.493 e. The van der Waals surface area contributed by atoms with E-state index < -0.39 is 57.2 Å². The van der Waals surface area contributed by atoms with E-state index in [9.17, 15) is 52.3 Å². The van der Waals surface area contributed by atoms with Gasteiger partial charge in [0.2, 0.25) is 35.6 Å². The van der Waals surface area contributed by atoms with Gasteiger partial charge in [-0.15, -0.1) is 0 Å². The van der Waals surface area contributed by atoms with Crippen LogP contribution in [0.25, 0.3) is 0 Å². The van der Waals surface area contributed by atoms with E-state index in [0.717, 1.165) is 46.6 Å². The number of benzene rings is 8. The van der Waals surface area contributed by atoms with Crippen molar-refractivity contribution in [1.29, 1.82) is 10.5 Å². The van der Waals surface area contributed by atoms with E-state index in [0.29, 0.717) is 78.0 Å². The highest BCUT2D eigenvalue weighted by molar-refractivity contribution is 6.31. The zero-order valence-corrected chi connectivity index (χ0v) is 80.8. The molecule has 8 aromatic heterocycles. The zero-order valence-electron chi connectivity index (χ0n) is 77.8. The first-order valence-electron chi connectivity index (χ1n) is 44.1. The van der Waals surface area contributed by atoms with Crippen LogP contribution in [0, 0.1) is 28.5 Å². The van der Waals surface area contributed by atoms with Gasteiger partial charge in [-0.2, -0.15) is 30.5 Å². The summed E-state index contributed by atoms with van der Waals surface area (Å²) in [6.45, 7) is 10.0. The second-order valence-corrected chi connectivity index (χ2v) is 32.4. The van der Waals surface area contributed by atoms with Crippen LogP contribution >= 0.6 is 46.4 Å². The van der Waals surface area contributed by atoms with E-state index >= 15 is 0 Å². The average molecular weight is 2030 g/mol. The molecule has 44 heteroatoms. The molecule has 0 unspecified atom stereocenters. The van der Waals surface area contributed by atoms with E-state index in [1.807, 2.05) is 31.2 Å². The van der Waals surface area contributed by atoms with Gasteiger partial charge in [0.1, 0.15) is 52.3 Å². The number of anilines is 8. The summed E-state index contributed by atoms with van der Waals surface area (Å²) in [5.74, 6) is 2.15. The summed E-state index contributed by atoms with van der Waals surface area (Å²) in [5, 5.41) is 34.6. The number of carbonyl (C=O) groups excluding carboxylic acids is 2. The number of rotatable bonds is 33. The van der Waals surface area contributed by atoms with Crippen molar-refractivity contribution in [2.75, 3.05) is 35.4 Å². The second kappa shape index (κ2) is 49.1. The Balaban J connectivity index is 0.000000161. The molecule has 0 saturated heterocycles. The number of ether oxygens (including phenoxy) is 5. The van der Waals surface area contributed by atoms with Gasteiger partial charge >= 0.3 is 45.5 Å². The Morgan fingerprint density at radius 3 is 1.16 bits per heavy atom. The highest BCUT2D eigenvalue weighted by Crippen LogP contribution is 2.36. The molecule has 1 amide bonds. The first kappa shape index (κ1) is 104. The van der Waals surface area contributed by atoms with Crippen LogP contribution < -0.4 is 95.8 Å². The van der Waals surface area contributed by atoms with Crippen LogP contribution in [-0.4, -0.2) is 107 Å². The number of hydrogen-bond donors (Lipinski definition) is 5. The third-order valence-electron chi connectivity index (χ3n) is 20.9. The molecule has 8 aromatic carbocycles. The molecular formula is C100H87Cl4FN24O15. The number of methoxy groups -OCH3 is 1. The molecule has 0 radical (unpaired) electrons. The Kier molecular flexibility index (Phi) is 35.3. The predicted octanol–water partition coefficient (Wildman–Crippen LogP) is 15.4. The van der Waals surface area contributed by atoms with Crippen LogP contribution in [-0.2, 0) is 63.6 Å². The fourth-order valence-electron chi connectivity index (χ4n) is 13.6. The van der Waals surface area contributed by atoms with E-state index in [4.69, 9.17) is 80.6 Å². The predicted molar refractivity (Wildman–Crippen MR) is 538 cm³/mol. The minimum atomic E-state index is -0.729. The number of pyridine rings is 3. The van der Waals surface area contributed by atoms with Gasteiger partial charge in [-0.05, 0) is 189 Å². The lowest BCUT2D eigenvalue weighted by Gasteiger charge is -2.16. The summed E-state index contributed by atoms with van der Waals surface area (Å²) >= 11 is 23.9. The molecule has 732 valence electrons. The van der Waals surface area contributed by atoms with Crippen molar-refractivity contribution >= 4 is 105 Å². The lowest BCUT2D eigenvalue weighted by atomic mass is 10.1. The molecule has 0 aliphatic rings. The fraction of sp³-hybridized carbons (Fsp3) is 0.170. The van der Waals surface area contributed by atoms with Gasteiger partial charge in [0.15, 0.2) is 28.8 Å². The molecule has 0 aliphatic carbocycles. The van der Waals surface area contributed by atoms with Crippen LogP contribution in [0.3, 0.4) is 0 Å². The number of nitrogens with zero attached hydrogens (tertiary/aromatic N) is 19. The molecule has 0 spiro atoms. The number of nitriles is 2. The number of amides is 1. The quantitative estimate of drug-likeness (QED) is 0.0255. The van der Waals surface area contributed by atoms with E-state index in [-0.39, 0.29) is 134 Å². The number of ketones is 1. The Bertz CT molecular complexity index is 7960. The number of hydrogen-bond acceptors (Lipinski definition) is 30. The van der Waals surface area contributed by atoms with Crippen LogP contribution in [0.5, 0.6) is 52.0 Å². The third-order valence-corrected chi connectivity index (χ3v) is 22.0. The molecular weight excluding hydrogens is 1940 g/mol. The third kappa shape index (κ3) is 27.4. The second-order valence-electron chi connectivity index (χ2n) is 30.6. The Morgan fingerprint density at radius 1 is 0.375 bits per heavy atom. The van der Waals surface area contributed by atoms with Gasteiger partial charge in [-0.1, -0.05) is 108 Å². The SMILES string of the molecule is CCC(=O)Cc1cc(Oc2ccc(Nc3nc(=O)n(CC)c(=O)n3Cc3ccc(Cl)cc3)cc2)ccn1.CCn1c(=O)nc(Nc2ccc(Oc3cccc(C#N)n3)c(OC)c2)n(Cc2ccc(Cl)cc2)c1=O.CCn1c(=O)nc(Nc2ccc(Oc3ccnc(C(=O)NC)c3)c(F)c2)n(Cc2ccc(Cl)cc2)c1=O.CCn1c(=O)nc(Nc2ccc(Oc3cnc(C#N)cn3)cc2)n(Cc2ccc(Cl)cc2)c1=O. The van der Waals surface area contributed by atoms with Gasteiger partial charge in [0, 0.05) is 132 Å². The van der Waals surface area contributed by atoms with Gasteiger partial charge in [0.25, 0.3) is 5.91 Å². The number of aromatic nitrogens is 17. The maximum Gasteiger partial charge on any atom is 0.354 e. The first-order valence-corrected chi connectivity index (χ1v) is 45.6. The van der Waals surface area contributed by atoms with Gasteiger partial charge in [-0.25, -0.2) is 76.0 Å². The number of Topliss-reactive ketones (excluding diaryl/α,β-unsaturated/α-hetero) is 1. The van der Waals surface area contributed by atoms with Crippen molar-refractivity contribution < 1.29 is 37.7 Å². The van der Waals surface area contributed by atoms with Crippen LogP contribution in [0.1, 0.15) is 90.9 Å². The highest BCUT2D eigenvalue weighted by Gasteiger charge is 2.22. The molecule has 16 rings (SSSR count). The van der Waals surface area contributed by atoms with Crippen molar-refractivity contribution in [3.05, 3.63) is 404 Å². The van der Waals surface area contributed by atoms with Crippen molar-refractivity contribution in [3.63, 3.8) is 0 Å². The molecule has 0 bridgehead atoms. The summed E-state index contributed by atoms with van der Waals surface area (Å²) in [5.41, 5.74) is 1.67. The summed E-state index contributed by atoms with van der Waals surface area (Å²) in [6, 6.07) is 65.8. The Labute approximate surface area is 837 Å². The summed E-state index contributed by atoms with van der Waals surface area (Å²) in [7, 11) is 2.94. The summed E-state index contributed by atoms with van der Waals surface area (Å²) in [6.07, 6.45) is 6.36.